The minimum absolute atomic E-state index is 0.0131. The number of esters is 1. The van der Waals surface area contributed by atoms with Crippen LogP contribution in [0.4, 0.5) is 0 Å². The predicted octanol–water partition coefficient (Wildman–Crippen LogP) is 0.968. The number of aliphatic hydroxyl groups is 1. The number of allylic oxidation sites excluding steroid dienone is 3. The molecule has 9 nitrogen and oxygen atoms in total. The third-order valence-corrected chi connectivity index (χ3v) is 4.40. The number of carbonyl (C=O) groups excluding carboxylic acids is 2. The molecule has 1 aliphatic carbocycles. The summed E-state index contributed by atoms with van der Waals surface area (Å²) in [6.07, 6.45) is 6.88. The second-order valence-corrected chi connectivity index (χ2v) is 6.97. The van der Waals surface area contributed by atoms with Gasteiger partial charge in [0, 0.05) is 17.3 Å². The molecule has 1 heterocycles. The van der Waals surface area contributed by atoms with Gasteiger partial charge in [-0.2, -0.15) is 0 Å². The Labute approximate surface area is 158 Å². The number of aliphatic hydroxyl groups excluding tert-OH is 1. The molecule has 1 aromatic heterocycles. The first kappa shape index (κ1) is 20.1. The van der Waals surface area contributed by atoms with Crippen LogP contribution in [0.1, 0.15) is 36.7 Å². The summed E-state index contributed by atoms with van der Waals surface area (Å²) in [4.78, 5) is 24.7. The highest BCUT2D eigenvalue weighted by atomic mass is 79.9. The standard InChI is InChI=1S/C16H21BrN4O5/c1-2-26-16(24)14(22)8-12(7-10-3-5-11(17)6-4-10)18-15(23)13-9-21(25)20-19-13/h3-5,9,11-12,14,22,25H,2,6-8H2,1H3,(H,18,23)/t11?,12-,14-/m1/s1. The largest absolute Gasteiger partial charge is 0.464 e. The summed E-state index contributed by atoms with van der Waals surface area (Å²) >= 11 is 3.49. The lowest BCUT2D eigenvalue weighted by atomic mass is 9.96. The number of rotatable bonds is 8. The van der Waals surface area contributed by atoms with Crippen LogP contribution in [-0.2, 0) is 9.53 Å². The second kappa shape index (κ2) is 9.48. The van der Waals surface area contributed by atoms with Crippen molar-refractivity contribution in [2.24, 2.45) is 0 Å². The van der Waals surface area contributed by atoms with Gasteiger partial charge in [-0.3, -0.25) is 4.79 Å². The number of amides is 1. The number of hydrogen-bond acceptors (Lipinski definition) is 7. The first-order chi connectivity index (χ1) is 12.4. The number of carbonyl (C=O) groups is 2. The average molecular weight is 429 g/mol. The van der Waals surface area contributed by atoms with Gasteiger partial charge in [-0.1, -0.05) is 44.6 Å². The van der Waals surface area contributed by atoms with E-state index in [-0.39, 0.29) is 23.5 Å². The monoisotopic (exact) mass is 428 g/mol. The van der Waals surface area contributed by atoms with Gasteiger partial charge in [-0.25, -0.2) is 4.79 Å². The van der Waals surface area contributed by atoms with E-state index in [9.17, 15) is 14.7 Å². The maximum absolute atomic E-state index is 12.3. The molecule has 1 amide bonds. The van der Waals surface area contributed by atoms with Crippen molar-refractivity contribution in [3.8, 4) is 0 Å². The molecule has 2 rings (SSSR count). The molecular formula is C16H21BrN4O5. The van der Waals surface area contributed by atoms with Crippen LogP contribution in [0.5, 0.6) is 0 Å². The average Bonchev–Trinajstić information content (AvgIpc) is 3.03. The minimum atomic E-state index is -1.36. The van der Waals surface area contributed by atoms with E-state index in [1.54, 1.807) is 6.92 Å². The number of halogens is 1. The van der Waals surface area contributed by atoms with Gasteiger partial charge >= 0.3 is 5.97 Å². The molecule has 10 heteroatoms. The van der Waals surface area contributed by atoms with E-state index < -0.39 is 24.0 Å². The zero-order chi connectivity index (χ0) is 19.1. The quantitative estimate of drug-likeness (QED) is 0.319. The summed E-state index contributed by atoms with van der Waals surface area (Å²) in [5, 5.41) is 28.7. The number of nitrogens with one attached hydrogen (secondary N) is 1. The van der Waals surface area contributed by atoms with E-state index in [1.807, 2.05) is 18.2 Å². The third-order valence-electron chi connectivity index (χ3n) is 3.72. The first-order valence-corrected chi connectivity index (χ1v) is 9.09. The first-order valence-electron chi connectivity index (χ1n) is 8.17. The van der Waals surface area contributed by atoms with Crippen molar-refractivity contribution in [2.45, 2.75) is 43.2 Å². The Hall–Kier alpha value is -2.20. The van der Waals surface area contributed by atoms with Gasteiger partial charge in [-0.05, 0) is 25.0 Å². The Bertz CT molecular complexity index is 703. The summed E-state index contributed by atoms with van der Waals surface area (Å²) < 4.78 is 4.81. The van der Waals surface area contributed by atoms with E-state index in [4.69, 9.17) is 9.94 Å². The van der Waals surface area contributed by atoms with Gasteiger partial charge < -0.3 is 20.4 Å². The molecule has 26 heavy (non-hydrogen) atoms. The fraction of sp³-hybridized carbons (Fsp3) is 0.500. The van der Waals surface area contributed by atoms with E-state index in [0.29, 0.717) is 11.3 Å². The van der Waals surface area contributed by atoms with Crippen LogP contribution in [0.25, 0.3) is 0 Å². The van der Waals surface area contributed by atoms with Crippen molar-refractivity contribution in [2.75, 3.05) is 6.61 Å². The second-order valence-electron chi connectivity index (χ2n) is 5.79. The molecule has 1 aliphatic rings. The number of alkyl halides is 1. The highest BCUT2D eigenvalue weighted by Gasteiger charge is 2.25. The summed E-state index contributed by atoms with van der Waals surface area (Å²) in [5.41, 5.74) is 0.907. The Balaban J connectivity index is 2.06. The summed E-state index contributed by atoms with van der Waals surface area (Å²) in [6, 6.07) is -0.534. The van der Waals surface area contributed by atoms with Crippen LogP contribution >= 0.6 is 15.9 Å². The molecule has 1 aromatic rings. The lowest BCUT2D eigenvalue weighted by Gasteiger charge is -2.22. The van der Waals surface area contributed by atoms with Crippen molar-refractivity contribution < 1.29 is 24.6 Å². The highest BCUT2D eigenvalue weighted by molar-refractivity contribution is 9.09. The molecule has 0 fully saturated rings. The van der Waals surface area contributed by atoms with Crippen molar-refractivity contribution >= 4 is 27.8 Å². The zero-order valence-electron chi connectivity index (χ0n) is 14.2. The molecule has 0 bridgehead atoms. The molecule has 1 unspecified atom stereocenters. The number of nitrogens with zero attached hydrogens (tertiary/aromatic N) is 3. The lowest BCUT2D eigenvalue weighted by molar-refractivity contribution is -0.153. The Morgan fingerprint density at radius 1 is 1.54 bits per heavy atom. The summed E-state index contributed by atoms with van der Waals surface area (Å²) in [7, 11) is 0. The Morgan fingerprint density at radius 2 is 2.31 bits per heavy atom. The van der Waals surface area contributed by atoms with Crippen molar-refractivity contribution in [1.29, 1.82) is 0 Å². The maximum Gasteiger partial charge on any atom is 0.335 e. The van der Waals surface area contributed by atoms with Crippen LogP contribution in [0.15, 0.2) is 30.0 Å². The molecular weight excluding hydrogens is 408 g/mol. The highest BCUT2D eigenvalue weighted by Crippen LogP contribution is 2.21. The van der Waals surface area contributed by atoms with Crippen molar-refractivity contribution in [1.82, 2.24) is 20.5 Å². The Morgan fingerprint density at radius 3 is 2.88 bits per heavy atom. The lowest BCUT2D eigenvalue weighted by Crippen LogP contribution is -2.40. The van der Waals surface area contributed by atoms with Crippen molar-refractivity contribution in [3.63, 3.8) is 0 Å². The zero-order valence-corrected chi connectivity index (χ0v) is 15.8. The van der Waals surface area contributed by atoms with E-state index in [1.165, 1.54) is 0 Å². The van der Waals surface area contributed by atoms with E-state index >= 15 is 0 Å². The predicted molar refractivity (Wildman–Crippen MR) is 94.9 cm³/mol. The molecule has 3 N–H and O–H groups in total. The van der Waals surface area contributed by atoms with Gasteiger partial charge in [0.05, 0.1) is 12.8 Å². The summed E-state index contributed by atoms with van der Waals surface area (Å²) in [6.45, 7) is 1.81. The Kier molecular flexibility index (Phi) is 7.34. The number of ether oxygens (including phenoxy) is 1. The number of hydrogen-bond donors (Lipinski definition) is 3. The topological polar surface area (TPSA) is 127 Å². The fourth-order valence-electron chi connectivity index (χ4n) is 2.49. The molecule has 3 atom stereocenters. The summed E-state index contributed by atoms with van der Waals surface area (Å²) in [5.74, 6) is -1.30. The minimum Gasteiger partial charge on any atom is -0.464 e. The van der Waals surface area contributed by atoms with Gasteiger partial charge in [0.25, 0.3) is 5.91 Å². The third kappa shape index (κ3) is 5.95. The number of aromatic nitrogens is 3. The van der Waals surface area contributed by atoms with Gasteiger partial charge in [0.1, 0.15) is 0 Å². The SMILES string of the molecule is CCOC(=O)[C@H](O)C[C@@H](CC1=CCC(Br)C=C1)NC(=O)c1cn(O)nn1. The molecule has 0 saturated heterocycles. The molecule has 0 aliphatic heterocycles. The van der Waals surface area contributed by atoms with Crippen LogP contribution in [-0.4, -0.2) is 60.9 Å². The smallest absolute Gasteiger partial charge is 0.335 e. The van der Waals surface area contributed by atoms with E-state index in [2.05, 4.69) is 31.6 Å². The molecule has 142 valence electrons. The maximum atomic E-state index is 12.3. The molecule has 0 saturated carbocycles. The molecule has 0 aromatic carbocycles. The van der Waals surface area contributed by atoms with Crippen LogP contribution in [0.3, 0.4) is 0 Å². The van der Waals surface area contributed by atoms with Crippen molar-refractivity contribution in [3.05, 3.63) is 35.7 Å². The molecule has 0 radical (unpaired) electrons. The van der Waals surface area contributed by atoms with Gasteiger partial charge in [0.2, 0.25) is 0 Å². The van der Waals surface area contributed by atoms with Crippen LogP contribution in [0.2, 0.25) is 0 Å². The normalized spacial score (nSPS) is 18.7. The molecule has 0 spiro atoms. The van der Waals surface area contributed by atoms with Crippen LogP contribution in [0, 0.1) is 0 Å². The fourth-order valence-corrected chi connectivity index (χ4v) is 2.83. The van der Waals surface area contributed by atoms with E-state index in [0.717, 1.165) is 18.2 Å². The van der Waals surface area contributed by atoms with Crippen LogP contribution < -0.4 is 5.32 Å². The van der Waals surface area contributed by atoms with Gasteiger partial charge in [-0.15, -0.1) is 5.10 Å². The van der Waals surface area contributed by atoms with Gasteiger partial charge in [0.15, 0.2) is 11.8 Å².